The Bertz CT molecular complexity index is 565. The Morgan fingerprint density at radius 1 is 1.40 bits per heavy atom. The summed E-state index contributed by atoms with van der Waals surface area (Å²) in [4.78, 5) is -0.251. The SMILES string of the molecule is Cc1ccc(S(=O)(=O)N2CCCCC2CN)c(F)c1.Cl. The molecule has 2 N–H and O–H groups in total. The van der Waals surface area contributed by atoms with Crippen LogP contribution in [0, 0.1) is 12.7 Å². The van der Waals surface area contributed by atoms with Crippen molar-refractivity contribution < 1.29 is 12.8 Å². The largest absolute Gasteiger partial charge is 0.329 e. The van der Waals surface area contributed by atoms with Crippen molar-refractivity contribution in [3.63, 3.8) is 0 Å². The number of rotatable bonds is 3. The van der Waals surface area contributed by atoms with Crippen LogP contribution in [0.5, 0.6) is 0 Å². The molecular weight excluding hydrogens is 303 g/mol. The zero-order valence-electron chi connectivity index (χ0n) is 11.4. The lowest BCUT2D eigenvalue weighted by Crippen LogP contribution is -2.47. The van der Waals surface area contributed by atoms with Crippen molar-refractivity contribution in [1.82, 2.24) is 4.31 Å². The van der Waals surface area contributed by atoms with Gasteiger partial charge in [-0.3, -0.25) is 0 Å². The van der Waals surface area contributed by atoms with E-state index in [0.29, 0.717) is 12.1 Å². The van der Waals surface area contributed by atoms with E-state index in [9.17, 15) is 12.8 Å². The lowest BCUT2D eigenvalue weighted by molar-refractivity contribution is 0.257. The molecule has 1 aliphatic heterocycles. The van der Waals surface area contributed by atoms with Crippen LogP contribution in [-0.4, -0.2) is 31.9 Å². The molecule has 1 unspecified atom stereocenters. The van der Waals surface area contributed by atoms with E-state index in [4.69, 9.17) is 5.73 Å². The maximum Gasteiger partial charge on any atom is 0.246 e. The van der Waals surface area contributed by atoms with E-state index in [1.54, 1.807) is 13.0 Å². The van der Waals surface area contributed by atoms with Crippen LogP contribution in [0.4, 0.5) is 4.39 Å². The van der Waals surface area contributed by atoms with E-state index in [1.165, 1.54) is 16.4 Å². The highest BCUT2D eigenvalue weighted by molar-refractivity contribution is 7.89. The fraction of sp³-hybridized carbons (Fsp3) is 0.538. The highest BCUT2D eigenvalue weighted by Gasteiger charge is 2.34. The van der Waals surface area contributed by atoms with Gasteiger partial charge in [0.2, 0.25) is 10.0 Å². The standard InChI is InChI=1S/C13H19FN2O2S.ClH/c1-10-5-6-13(12(14)8-10)19(17,18)16-7-3-2-4-11(16)9-15;/h5-6,8,11H,2-4,7,9,15H2,1H3;1H. The molecular formula is C13H20ClFN2O2S. The Morgan fingerprint density at radius 3 is 2.70 bits per heavy atom. The van der Waals surface area contributed by atoms with E-state index >= 15 is 0 Å². The highest BCUT2D eigenvalue weighted by atomic mass is 35.5. The maximum atomic E-state index is 13.9. The second-order valence-electron chi connectivity index (χ2n) is 4.93. The molecule has 20 heavy (non-hydrogen) atoms. The van der Waals surface area contributed by atoms with Crippen molar-refractivity contribution in [1.29, 1.82) is 0 Å². The molecule has 1 aromatic rings. The maximum absolute atomic E-state index is 13.9. The first-order valence-electron chi connectivity index (χ1n) is 6.45. The fourth-order valence-electron chi connectivity index (χ4n) is 2.47. The van der Waals surface area contributed by atoms with Crippen LogP contribution in [0.25, 0.3) is 0 Å². The van der Waals surface area contributed by atoms with Gasteiger partial charge in [0.1, 0.15) is 10.7 Å². The van der Waals surface area contributed by atoms with Crippen molar-refractivity contribution in [2.75, 3.05) is 13.1 Å². The Labute approximate surface area is 125 Å². The highest BCUT2D eigenvalue weighted by Crippen LogP contribution is 2.26. The topological polar surface area (TPSA) is 63.4 Å². The summed E-state index contributed by atoms with van der Waals surface area (Å²) in [6, 6.07) is 3.97. The van der Waals surface area contributed by atoms with Gasteiger partial charge in [0, 0.05) is 19.1 Å². The zero-order valence-corrected chi connectivity index (χ0v) is 13.0. The predicted octanol–water partition coefficient (Wildman–Crippen LogP) is 2.06. The molecule has 0 bridgehead atoms. The molecule has 1 saturated heterocycles. The van der Waals surface area contributed by atoms with Gasteiger partial charge in [0.15, 0.2) is 0 Å². The van der Waals surface area contributed by atoms with Crippen molar-refractivity contribution >= 4 is 22.4 Å². The van der Waals surface area contributed by atoms with Crippen molar-refractivity contribution in [2.45, 2.75) is 37.1 Å². The minimum Gasteiger partial charge on any atom is -0.329 e. The number of halogens is 2. The van der Waals surface area contributed by atoms with Gasteiger partial charge < -0.3 is 5.73 Å². The van der Waals surface area contributed by atoms with Gasteiger partial charge in [-0.1, -0.05) is 12.5 Å². The number of nitrogens with two attached hydrogens (primary N) is 1. The lowest BCUT2D eigenvalue weighted by Gasteiger charge is -2.33. The van der Waals surface area contributed by atoms with Gasteiger partial charge in [0.25, 0.3) is 0 Å². The third kappa shape index (κ3) is 3.31. The molecule has 1 aromatic carbocycles. The molecule has 2 rings (SSSR count). The molecule has 0 radical (unpaired) electrons. The molecule has 1 heterocycles. The van der Waals surface area contributed by atoms with Gasteiger partial charge >= 0.3 is 0 Å². The van der Waals surface area contributed by atoms with Crippen molar-refractivity contribution in [3.8, 4) is 0 Å². The van der Waals surface area contributed by atoms with Crippen LogP contribution < -0.4 is 5.73 Å². The normalized spacial score (nSPS) is 20.4. The second kappa shape index (κ2) is 6.85. The van der Waals surface area contributed by atoms with Crippen LogP contribution in [0.3, 0.4) is 0 Å². The number of hydrogen-bond acceptors (Lipinski definition) is 3. The molecule has 1 aliphatic rings. The summed E-state index contributed by atoms with van der Waals surface area (Å²) in [5.74, 6) is -0.693. The minimum atomic E-state index is -3.79. The summed E-state index contributed by atoms with van der Waals surface area (Å²) in [7, 11) is -3.79. The van der Waals surface area contributed by atoms with Crippen LogP contribution in [0.2, 0.25) is 0 Å². The molecule has 1 fully saturated rings. The van der Waals surface area contributed by atoms with Crippen LogP contribution in [0.15, 0.2) is 23.1 Å². The third-order valence-electron chi connectivity index (χ3n) is 3.52. The average molecular weight is 323 g/mol. The zero-order chi connectivity index (χ0) is 14.0. The number of nitrogens with zero attached hydrogens (tertiary/aromatic N) is 1. The monoisotopic (exact) mass is 322 g/mol. The Balaban J connectivity index is 0.00000200. The molecule has 0 aromatic heterocycles. The third-order valence-corrected chi connectivity index (χ3v) is 5.50. The molecule has 0 aliphatic carbocycles. The summed E-state index contributed by atoms with van der Waals surface area (Å²) >= 11 is 0. The van der Waals surface area contributed by atoms with E-state index in [-0.39, 0.29) is 29.9 Å². The van der Waals surface area contributed by atoms with E-state index in [2.05, 4.69) is 0 Å². The van der Waals surface area contributed by atoms with Crippen molar-refractivity contribution in [3.05, 3.63) is 29.6 Å². The molecule has 114 valence electrons. The molecule has 0 spiro atoms. The lowest BCUT2D eigenvalue weighted by atomic mass is 10.1. The van der Waals surface area contributed by atoms with Gasteiger partial charge in [-0.05, 0) is 37.5 Å². The van der Waals surface area contributed by atoms with Crippen LogP contribution in [-0.2, 0) is 10.0 Å². The average Bonchev–Trinajstić information content (AvgIpc) is 2.38. The smallest absolute Gasteiger partial charge is 0.246 e. The second-order valence-corrected chi connectivity index (χ2v) is 6.79. The van der Waals surface area contributed by atoms with Crippen molar-refractivity contribution in [2.24, 2.45) is 5.73 Å². The summed E-state index contributed by atoms with van der Waals surface area (Å²) < 4.78 is 40.3. The Morgan fingerprint density at radius 2 is 2.10 bits per heavy atom. The first kappa shape index (κ1) is 17.4. The molecule has 0 saturated carbocycles. The first-order valence-corrected chi connectivity index (χ1v) is 7.89. The quantitative estimate of drug-likeness (QED) is 0.926. The number of hydrogen-bond donors (Lipinski definition) is 1. The first-order chi connectivity index (χ1) is 8.96. The number of benzene rings is 1. The number of aryl methyl sites for hydroxylation is 1. The summed E-state index contributed by atoms with van der Waals surface area (Å²) in [6.45, 7) is 2.41. The van der Waals surface area contributed by atoms with Gasteiger partial charge in [-0.15, -0.1) is 12.4 Å². The number of sulfonamides is 1. The van der Waals surface area contributed by atoms with Gasteiger partial charge in [-0.2, -0.15) is 4.31 Å². The Hall–Kier alpha value is -0.690. The predicted molar refractivity (Wildman–Crippen MR) is 79.0 cm³/mol. The van der Waals surface area contributed by atoms with Gasteiger partial charge in [-0.25, -0.2) is 12.8 Å². The Kier molecular flexibility index (Phi) is 5.94. The summed E-state index contributed by atoms with van der Waals surface area (Å²) in [5, 5.41) is 0. The number of piperidine rings is 1. The summed E-state index contributed by atoms with van der Waals surface area (Å²) in [5.41, 5.74) is 6.33. The molecule has 1 atom stereocenters. The minimum absolute atomic E-state index is 0. The van der Waals surface area contributed by atoms with E-state index in [1.807, 2.05) is 0 Å². The summed E-state index contributed by atoms with van der Waals surface area (Å²) in [6.07, 6.45) is 2.50. The molecule has 7 heteroatoms. The molecule has 4 nitrogen and oxygen atoms in total. The van der Waals surface area contributed by atoms with E-state index < -0.39 is 15.8 Å². The van der Waals surface area contributed by atoms with E-state index in [0.717, 1.165) is 19.3 Å². The molecule has 0 amide bonds. The van der Waals surface area contributed by atoms with Crippen LogP contribution in [0.1, 0.15) is 24.8 Å². The van der Waals surface area contributed by atoms with Gasteiger partial charge in [0.05, 0.1) is 0 Å². The van der Waals surface area contributed by atoms with Crippen LogP contribution >= 0.6 is 12.4 Å². The fourth-order valence-corrected chi connectivity index (χ4v) is 4.22.